The molecule has 0 spiro atoms. The quantitative estimate of drug-likeness (QED) is 0.520. The molecule has 3 aromatic rings. The van der Waals surface area contributed by atoms with Crippen molar-refractivity contribution in [3.05, 3.63) is 63.5 Å². The summed E-state index contributed by atoms with van der Waals surface area (Å²) in [5.41, 5.74) is 2.62. The number of aryl methyl sites for hydroxylation is 1. The number of carbonyl (C=O) groups excluding carboxylic acids is 1. The molecule has 0 amide bonds. The van der Waals surface area contributed by atoms with Gasteiger partial charge < -0.3 is 8.98 Å². The second kappa shape index (κ2) is 4.89. The van der Waals surface area contributed by atoms with Gasteiger partial charge in [0.2, 0.25) is 0 Å². The van der Waals surface area contributed by atoms with E-state index < -0.39 is 0 Å². The number of oxazole rings is 1. The lowest BCUT2D eigenvalue weighted by molar-refractivity contribution is 0.103. The molecule has 0 aliphatic rings. The third-order valence-corrected chi connectivity index (χ3v) is 3.77. The second-order valence-corrected chi connectivity index (χ2v) is 5.23. The van der Waals surface area contributed by atoms with Gasteiger partial charge in [0.05, 0.1) is 5.52 Å². The van der Waals surface area contributed by atoms with Gasteiger partial charge in [-0.25, -0.2) is 0 Å². The summed E-state index contributed by atoms with van der Waals surface area (Å²) in [6.07, 6.45) is 0. The molecule has 1 aromatic heterocycles. The lowest BCUT2D eigenvalue weighted by Gasteiger charge is -2.01. The maximum Gasteiger partial charge on any atom is 0.269 e. The highest BCUT2D eigenvalue weighted by molar-refractivity contribution is 7.71. The Balaban J connectivity index is 2.08. The van der Waals surface area contributed by atoms with Crippen LogP contribution in [0.15, 0.2) is 46.9 Å². The fourth-order valence-electron chi connectivity index (χ4n) is 2.04. The normalized spacial score (nSPS) is 10.9. The molecule has 0 bridgehead atoms. The third kappa shape index (κ3) is 2.17. The molecule has 20 heavy (non-hydrogen) atoms. The maximum absolute atomic E-state index is 12.4. The smallest absolute Gasteiger partial charge is 0.269 e. The fourth-order valence-corrected chi connectivity index (χ4v) is 2.36. The van der Waals surface area contributed by atoms with E-state index in [0.717, 1.165) is 5.52 Å². The average molecular weight is 304 g/mol. The summed E-state index contributed by atoms with van der Waals surface area (Å²) >= 11 is 10.9. The van der Waals surface area contributed by atoms with Crippen LogP contribution < -0.4 is 0 Å². The highest BCUT2D eigenvalue weighted by Gasteiger charge is 2.12. The number of halogens is 1. The fraction of sp³-hybridized carbons (Fsp3) is 0.0667. The molecule has 0 atom stereocenters. The molecule has 3 rings (SSSR count). The molecule has 0 aliphatic heterocycles. The molecular weight excluding hydrogens is 294 g/mol. The van der Waals surface area contributed by atoms with Crippen LogP contribution >= 0.6 is 23.8 Å². The summed E-state index contributed by atoms with van der Waals surface area (Å²) < 4.78 is 7.21. The van der Waals surface area contributed by atoms with Crippen molar-refractivity contribution in [2.75, 3.05) is 0 Å². The van der Waals surface area contributed by atoms with Crippen LogP contribution in [0.4, 0.5) is 0 Å². The number of carbonyl (C=O) groups is 1. The first-order valence-corrected chi connectivity index (χ1v) is 6.75. The number of benzene rings is 2. The summed E-state index contributed by atoms with van der Waals surface area (Å²) in [6, 6.07) is 12.1. The van der Waals surface area contributed by atoms with E-state index in [1.54, 1.807) is 41.0 Å². The minimum absolute atomic E-state index is 0.0754. The molecule has 100 valence electrons. The zero-order chi connectivity index (χ0) is 14.3. The number of hydrogen-bond acceptors (Lipinski definition) is 3. The topological polar surface area (TPSA) is 35.1 Å². The van der Waals surface area contributed by atoms with Crippen molar-refractivity contribution < 1.29 is 9.21 Å². The summed E-state index contributed by atoms with van der Waals surface area (Å²) in [4.78, 5) is 12.8. The van der Waals surface area contributed by atoms with Crippen LogP contribution in [0.2, 0.25) is 5.02 Å². The van der Waals surface area contributed by atoms with Gasteiger partial charge in [-0.2, -0.15) is 0 Å². The van der Waals surface area contributed by atoms with E-state index in [0.29, 0.717) is 26.6 Å². The average Bonchev–Trinajstić information content (AvgIpc) is 2.74. The molecule has 0 radical (unpaired) electrons. The first kappa shape index (κ1) is 13.1. The Bertz CT molecular complexity index is 862. The van der Waals surface area contributed by atoms with Crippen LogP contribution in [-0.4, -0.2) is 10.4 Å². The molecule has 5 heteroatoms. The Morgan fingerprint density at radius 2 is 1.80 bits per heavy atom. The number of rotatable bonds is 2. The molecule has 0 N–H and O–H groups in total. The van der Waals surface area contributed by atoms with Gasteiger partial charge >= 0.3 is 0 Å². The largest absolute Gasteiger partial charge is 0.429 e. The molecule has 0 saturated carbocycles. The first-order valence-electron chi connectivity index (χ1n) is 5.96. The summed E-state index contributed by atoms with van der Waals surface area (Å²) in [5, 5.41) is 0.603. The van der Waals surface area contributed by atoms with Crippen LogP contribution in [0.1, 0.15) is 15.9 Å². The van der Waals surface area contributed by atoms with Crippen molar-refractivity contribution in [1.29, 1.82) is 0 Å². The van der Waals surface area contributed by atoms with Gasteiger partial charge in [-0.3, -0.25) is 4.79 Å². The zero-order valence-electron chi connectivity index (χ0n) is 10.6. The van der Waals surface area contributed by atoms with Crippen molar-refractivity contribution in [2.24, 2.45) is 7.05 Å². The number of ketones is 1. The standard InChI is InChI=1S/C15H10ClNO2S/c1-17-12-7-4-10(8-13(12)19-15(17)20)14(18)9-2-5-11(16)6-3-9/h2-8H,1H3. The predicted octanol–water partition coefficient (Wildman–Crippen LogP) is 4.39. The Labute approximate surface area is 125 Å². The van der Waals surface area contributed by atoms with Gasteiger partial charge in [0.1, 0.15) is 0 Å². The summed E-state index contributed by atoms with van der Waals surface area (Å²) in [7, 11) is 1.83. The molecule has 0 unspecified atom stereocenters. The number of nitrogens with zero attached hydrogens (tertiary/aromatic N) is 1. The highest BCUT2D eigenvalue weighted by atomic mass is 35.5. The highest BCUT2D eigenvalue weighted by Crippen LogP contribution is 2.20. The minimum Gasteiger partial charge on any atom is -0.429 e. The van der Waals surface area contributed by atoms with E-state index in [2.05, 4.69) is 0 Å². The van der Waals surface area contributed by atoms with E-state index in [9.17, 15) is 4.79 Å². The second-order valence-electron chi connectivity index (χ2n) is 4.45. The predicted molar refractivity (Wildman–Crippen MR) is 80.9 cm³/mol. The van der Waals surface area contributed by atoms with Crippen LogP contribution in [0.25, 0.3) is 11.1 Å². The minimum atomic E-state index is -0.0754. The Morgan fingerprint density at radius 1 is 1.15 bits per heavy atom. The molecular formula is C15H10ClNO2S. The van der Waals surface area contributed by atoms with Gasteiger partial charge in [-0.05, 0) is 54.7 Å². The summed E-state index contributed by atoms with van der Waals surface area (Å²) in [6.45, 7) is 0. The van der Waals surface area contributed by atoms with Crippen LogP contribution in [0.3, 0.4) is 0 Å². The Hall–Kier alpha value is -1.91. The van der Waals surface area contributed by atoms with Gasteiger partial charge in [0.15, 0.2) is 11.4 Å². The van der Waals surface area contributed by atoms with Gasteiger partial charge in [-0.15, -0.1) is 0 Å². The number of hydrogen-bond donors (Lipinski definition) is 0. The van der Waals surface area contributed by atoms with Crippen molar-refractivity contribution in [3.8, 4) is 0 Å². The van der Waals surface area contributed by atoms with E-state index in [-0.39, 0.29) is 5.78 Å². The van der Waals surface area contributed by atoms with Crippen molar-refractivity contribution in [3.63, 3.8) is 0 Å². The van der Waals surface area contributed by atoms with Crippen LogP contribution in [0, 0.1) is 4.84 Å². The molecule has 1 heterocycles. The van der Waals surface area contributed by atoms with Gasteiger partial charge in [-0.1, -0.05) is 11.6 Å². The Kier molecular flexibility index (Phi) is 3.20. The summed E-state index contributed by atoms with van der Waals surface area (Å²) in [5.74, 6) is -0.0754. The number of aromatic nitrogens is 1. The van der Waals surface area contributed by atoms with Crippen LogP contribution in [-0.2, 0) is 7.05 Å². The van der Waals surface area contributed by atoms with Crippen molar-refractivity contribution in [1.82, 2.24) is 4.57 Å². The Morgan fingerprint density at radius 3 is 2.50 bits per heavy atom. The molecule has 2 aromatic carbocycles. The molecule has 3 nitrogen and oxygen atoms in total. The van der Waals surface area contributed by atoms with Gasteiger partial charge in [0.25, 0.3) is 4.84 Å². The zero-order valence-corrected chi connectivity index (χ0v) is 12.2. The SMILES string of the molecule is Cn1c(=S)oc2cc(C(=O)c3ccc(Cl)cc3)ccc21. The first-order chi connectivity index (χ1) is 9.56. The molecule has 0 saturated heterocycles. The van der Waals surface area contributed by atoms with E-state index in [4.69, 9.17) is 28.2 Å². The lowest BCUT2D eigenvalue weighted by atomic mass is 10.0. The molecule has 0 fully saturated rings. The maximum atomic E-state index is 12.4. The van der Waals surface area contributed by atoms with Crippen molar-refractivity contribution >= 4 is 40.7 Å². The number of fused-ring (bicyclic) bond motifs is 1. The molecule has 0 aliphatic carbocycles. The van der Waals surface area contributed by atoms with E-state index in [1.807, 2.05) is 13.1 Å². The van der Waals surface area contributed by atoms with Crippen LogP contribution in [0.5, 0.6) is 0 Å². The van der Waals surface area contributed by atoms with Crippen molar-refractivity contribution in [2.45, 2.75) is 0 Å². The van der Waals surface area contributed by atoms with Gasteiger partial charge in [0, 0.05) is 23.2 Å². The third-order valence-electron chi connectivity index (χ3n) is 3.16. The monoisotopic (exact) mass is 303 g/mol. The van der Waals surface area contributed by atoms with E-state index >= 15 is 0 Å². The lowest BCUT2D eigenvalue weighted by Crippen LogP contribution is -2.00. The van der Waals surface area contributed by atoms with E-state index in [1.165, 1.54) is 0 Å².